The van der Waals surface area contributed by atoms with Crippen molar-refractivity contribution in [2.75, 3.05) is 13.2 Å². The Kier molecular flexibility index (Phi) is 13.7. The van der Waals surface area contributed by atoms with Gasteiger partial charge in [-0.25, -0.2) is 19.2 Å². The van der Waals surface area contributed by atoms with Crippen LogP contribution in [-0.2, 0) is 38.1 Å². The van der Waals surface area contributed by atoms with Gasteiger partial charge < -0.3 is 18.9 Å². The minimum Gasteiger partial charge on any atom is -0.462 e. The molecule has 0 spiro atoms. The van der Waals surface area contributed by atoms with Gasteiger partial charge in [-0.2, -0.15) is 0 Å². The maximum Gasteiger partial charge on any atom is 0.423 e. The third-order valence-electron chi connectivity index (χ3n) is 5.60. The summed E-state index contributed by atoms with van der Waals surface area (Å²) in [5, 5.41) is -0.679. The Morgan fingerprint density at radius 3 is 1.35 bits per heavy atom. The molecular formula is C26H28Cl6O8. The summed E-state index contributed by atoms with van der Waals surface area (Å²) < 4.78 is 17.3. The molecule has 2 aliphatic rings. The molecule has 0 atom stereocenters. The first-order chi connectivity index (χ1) is 18.8. The maximum absolute atomic E-state index is 12.7. The zero-order chi connectivity index (χ0) is 30.1. The minimum absolute atomic E-state index is 0.0718. The van der Waals surface area contributed by atoms with Gasteiger partial charge in [0.2, 0.25) is 0 Å². The molecule has 0 amide bonds. The fraction of sp³-hybridized carbons (Fsp3) is 0.538. The molecule has 0 unspecified atom stereocenters. The van der Waals surface area contributed by atoms with Gasteiger partial charge in [-0.05, 0) is 25.0 Å². The van der Waals surface area contributed by atoms with Gasteiger partial charge in [-0.15, -0.1) is 0 Å². The molecule has 0 bridgehead atoms. The van der Waals surface area contributed by atoms with Crippen LogP contribution in [-0.4, -0.2) is 45.8 Å². The second-order valence-corrected chi connectivity index (χ2v) is 12.5. The molecule has 0 saturated carbocycles. The molecule has 0 aromatic carbocycles. The summed E-state index contributed by atoms with van der Waals surface area (Å²) in [5.74, 6) is -5.79. The monoisotopic (exact) mass is 678 g/mol. The molecule has 2 rings (SSSR count). The topological polar surface area (TPSA) is 105 Å². The third kappa shape index (κ3) is 9.30. The lowest BCUT2D eigenvalue weighted by atomic mass is 10.0. The smallest absolute Gasteiger partial charge is 0.423 e. The molecule has 40 heavy (non-hydrogen) atoms. The fourth-order valence-corrected chi connectivity index (χ4v) is 4.62. The van der Waals surface area contributed by atoms with Crippen molar-refractivity contribution < 1.29 is 38.1 Å². The molecule has 0 radical (unpaired) electrons. The molecule has 222 valence electrons. The Morgan fingerprint density at radius 1 is 0.675 bits per heavy atom. The summed E-state index contributed by atoms with van der Waals surface area (Å²) in [4.78, 5) is 50.9. The van der Waals surface area contributed by atoms with Crippen LogP contribution in [0.1, 0.15) is 65.2 Å². The molecule has 8 nitrogen and oxygen atoms in total. The Labute approximate surface area is 262 Å². The number of rotatable bonds is 12. The van der Waals surface area contributed by atoms with Gasteiger partial charge in [0.25, 0.3) is 0 Å². The maximum atomic E-state index is 12.7. The van der Waals surface area contributed by atoms with Crippen LogP contribution in [0.25, 0.3) is 0 Å². The molecule has 0 aromatic heterocycles. The van der Waals surface area contributed by atoms with Crippen LogP contribution in [0, 0.1) is 0 Å². The van der Waals surface area contributed by atoms with Crippen LogP contribution in [0.3, 0.4) is 0 Å². The zero-order valence-corrected chi connectivity index (χ0v) is 26.3. The molecule has 2 aliphatic carbocycles. The highest BCUT2D eigenvalue weighted by atomic mass is 35.5. The fourth-order valence-electron chi connectivity index (χ4n) is 3.43. The summed E-state index contributed by atoms with van der Waals surface area (Å²) in [7, 11) is 0. The lowest BCUT2D eigenvalue weighted by Gasteiger charge is -2.26. The molecule has 0 aromatic rings. The summed E-state index contributed by atoms with van der Waals surface area (Å²) >= 11 is 37.2. The lowest BCUT2D eigenvalue weighted by Crippen LogP contribution is -2.29. The van der Waals surface area contributed by atoms with E-state index in [0.717, 1.165) is 25.7 Å². The van der Waals surface area contributed by atoms with Gasteiger partial charge in [-0.1, -0.05) is 109 Å². The van der Waals surface area contributed by atoms with Gasteiger partial charge in [-0.3, -0.25) is 0 Å². The molecule has 0 N–H and O–H groups in total. The highest BCUT2D eigenvalue weighted by Gasteiger charge is 2.42. The van der Waals surface area contributed by atoms with Crippen molar-refractivity contribution in [3.8, 4) is 0 Å². The number of allylic oxidation sites excluding steroid dienone is 4. The van der Waals surface area contributed by atoms with Crippen LogP contribution in [0.5, 0.6) is 0 Å². The van der Waals surface area contributed by atoms with Crippen molar-refractivity contribution in [3.05, 3.63) is 44.9 Å². The van der Waals surface area contributed by atoms with E-state index in [-0.39, 0.29) is 36.1 Å². The number of carbonyl (C=O) groups excluding carboxylic acids is 4. The van der Waals surface area contributed by atoms with E-state index in [2.05, 4.69) is 0 Å². The van der Waals surface area contributed by atoms with E-state index in [1.165, 1.54) is 12.2 Å². The van der Waals surface area contributed by atoms with E-state index in [9.17, 15) is 19.2 Å². The predicted octanol–water partition coefficient (Wildman–Crippen LogP) is 7.45. The zero-order valence-electron chi connectivity index (χ0n) is 21.8. The van der Waals surface area contributed by atoms with Crippen LogP contribution >= 0.6 is 69.6 Å². The van der Waals surface area contributed by atoms with Crippen molar-refractivity contribution in [2.24, 2.45) is 0 Å². The van der Waals surface area contributed by atoms with Gasteiger partial charge in [0, 0.05) is 12.8 Å². The molecular weight excluding hydrogens is 653 g/mol. The average Bonchev–Trinajstić information content (AvgIpc) is 2.89. The minimum atomic E-state index is -1.69. The molecule has 14 heteroatoms. The highest BCUT2D eigenvalue weighted by Crippen LogP contribution is 2.45. The SMILES string of the molecule is CCCCCOC(=O)C1=C(Cl)C(Cl)(Cl)CC=C1OC(=O)C(=O)OC1=CCC(Cl)(Cl)C(Cl)=C1C(=O)OCCCCC. The van der Waals surface area contributed by atoms with Crippen LogP contribution < -0.4 is 0 Å². The van der Waals surface area contributed by atoms with Gasteiger partial charge in [0.15, 0.2) is 8.67 Å². The van der Waals surface area contributed by atoms with Crippen LogP contribution in [0.4, 0.5) is 0 Å². The first-order valence-corrected chi connectivity index (χ1v) is 14.8. The first kappa shape index (κ1) is 34.8. The molecule has 0 saturated heterocycles. The number of alkyl halides is 4. The van der Waals surface area contributed by atoms with Crippen molar-refractivity contribution in [1.82, 2.24) is 0 Å². The normalized spacial score (nSPS) is 18.0. The van der Waals surface area contributed by atoms with E-state index in [1.54, 1.807) is 0 Å². The Hall–Kier alpha value is -1.42. The number of hydrogen-bond acceptors (Lipinski definition) is 8. The predicted molar refractivity (Wildman–Crippen MR) is 153 cm³/mol. The van der Waals surface area contributed by atoms with Crippen molar-refractivity contribution in [3.63, 3.8) is 0 Å². The van der Waals surface area contributed by atoms with Gasteiger partial charge in [0.05, 0.1) is 23.3 Å². The molecule has 0 aliphatic heterocycles. The van der Waals surface area contributed by atoms with E-state index < -0.39 is 55.2 Å². The van der Waals surface area contributed by atoms with Crippen molar-refractivity contribution in [2.45, 2.75) is 73.9 Å². The second-order valence-electron chi connectivity index (χ2n) is 8.80. The highest BCUT2D eigenvalue weighted by molar-refractivity contribution is 6.57. The van der Waals surface area contributed by atoms with Crippen LogP contribution in [0.2, 0.25) is 0 Å². The number of esters is 4. The lowest BCUT2D eigenvalue weighted by molar-refractivity contribution is -0.162. The van der Waals surface area contributed by atoms with E-state index in [4.69, 9.17) is 88.6 Å². The summed E-state index contributed by atoms with van der Waals surface area (Å²) in [6.07, 6.45) is 6.72. The van der Waals surface area contributed by atoms with E-state index in [1.807, 2.05) is 13.8 Å². The van der Waals surface area contributed by atoms with E-state index in [0.29, 0.717) is 12.8 Å². The number of ether oxygens (including phenoxy) is 4. The van der Waals surface area contributed by atoms with Crippen molar-refractivity contribution in [1.29, 1.82) is 0 Å². The first-order valence-electron chi connectivity index (χ1n) is 12.5. The van der Waals surface area contributed by atoms with Gasteiger partial charge >= 0.3 is 23.9 Å². The van der Waals surface area contributed by atoms with E-state index >= 15 is 0 Å². The summed E-state index contributed by atoms with van der Waals surface area (Å²) in [6, 6.07) is 0. The summed E-state index contributed by atoms with van der Waals surface area (Å²) in [6.45, 7) is 4.10. The molecule has 0 heterocycles. The Morgan fingerprint density at radius 2 is 1.02 bits per heavy atom. The van der Waals surface area contributed by atoms with Crippen LogP contribution in [0.15, 0.2) is 44.9 Å². The quantitative estimate of drug-likeness (QED) is 0.0688. The summed E-state index contributed by atoms with van der Waals surface area (Å²) in [5.41, 5.74) is -0.832. The standard InChI is InChI=1S/C26H28Cl6O8/c1-3-5-7-13-37-21(33)17-15(9-11-25(29,30)19(17)27)39-23(35)24(36)40-16-10-12-26(31,32)20(28)18(16)22(34)38-14-8-6-4-2/h9-10H,3-8,11-14H2,1-2H3. The van der Waals surface area contributed by atoms with Crippen molar-refractivity contribution >= 4 is 93.5 Å². The van der Waals surface area contributed by atoms with Gasteiger partial charge in [0.1, 0.15) is 22.7 Å². The Balaban J connectivity index is 2.20. The molecule has 0 fully saturated rings. The number of halogens is 6. The second kappa shape index (κ2) is 15.7. The Bertz CT molecular complexity index is 1050. The number of unbranched alkanes of at least 4 members (excludes halogenated alkanes) is 4. The average molecular weight is 681 g/mol. The largest absolute Gasteiger partial charge is 0.462 e. The number of carbonyl (C=O) groups is 4. The number of hydrogen-bond donors (Lipinski definition) is 0. The third-order valence-corrected chi connectivity index (χ3v) is 8.39.